The first-order valence-corrected chi connectivity index (χ1v) is 12.1. The third-order valence-corrected chi connectivity index (χ3v) is 5.76. The fourth-order valence-corrected chi connectivity index (χ4v) is 3.64. The van der Waals surface area contributed by atoms with Gasteiger partial charge >= 0.3 is 5.97 Å². The number of hydrogen-bond donors (Lipinski definition) is 1. The Bertz CT molecular complexity index is 1180. The maximum Gasteiger partial charge on any atom is 0.338 e. The van der Waals surface area contributed by atoms with E-state index in [2.05, 4.69) is 24.1 Å². The summed E-state index contributed by atoms with van der Waals surface area (Å²) in [6.45, 7) is 6.59. The van der Waals surface area contributed by atoms with Crippen molar-refractivity contribution < 1.29 is 23.9 Å². The van der Waals surface area contributed by atoms with Crippen molar-refractivity contribution in [3.63, 3.8) is 0 Å². The molecule has 0 saturated heterocycles. The first kappa shape index (κ1) is 26.9. The van der Waals surface area contributed by atoms with Crippen LogP contribution < -0.4 is 10.1 Å². The number of hydrogen-bond acceptors (Lipinski definition) is 6. The van der Waals surface area contributed by atoms with Crippen LogP contribution in [0.3, 0.4) is 0 Å². The van der Waals surface area contributed by atoms with E-state index in [4.69, 9.17) is 21.1 Å². The molecule has 3 rings (SSSR count). The van der Waals surface area contributed by atoms with Gasteiger partial charge in [-0.2, -0.15) is 0 Å². The lowest BCUT2D eigenvalue weighted by molar-refractivity contribution is -0.118. The molecule has 0 aliphatic rings. The lowest BCUT2D eigenvalue weighted by Gasteiger charge is -2.17. The second-order valence-electron chi connectivity index (χ2n) is 7.91. The molecule has 36 heavy (non-hydrogen) atoms. The minimum absolute atomic E-state index is 0.256. The topological polar surface area (TPSA) is 84.9 Å². The molecule has 0 spiro atoms. The summed E-state index contributed by atoms with van der Waals surface area (Å²) in [5.41, 5.74) is 1.65. The van der Waals surface area contributed by atoms with Gasteiger partial charge in [0.15, 0.2) is 12.4 Å². The van der Waals surface area contributed by atoms with E-state index in [-0.39, 0.29) is 23.7 Å². The number of nitrogens with zero attached hydrogens (tertiary/aromatic N) is 1. The summed E-state index contributed by atoms with van der Waals surface area (Å²) in [7, 11) is 0. The monoisotopic (exact) mass is 508 g/mol. The predicted octanol–water partition coefficient (Wildman–Crippen LogP) is 5.09. The summed E-state index contributed by atoms with van der Waals surface area (Å²) in [5.74, 6) is -0.835. The second kappa shape index (κ2) is 13.4. The first-order valence-electron chi connectivity index (χ1n) is 11.7. The summed E-state index contributed by atoms with van der Waals surface area (Å²) in [4.78, 5) is 39.7. The van der Waals surface area contributed by atoms with Gasteiger partial charge in [-0.05, 0) is 55.6 Å². The van der Waals surface area contributed by atoms with Gasteiger partial charge in [-0.1, -0.05) is 55.8 Å². The van der Waals surface area contributed by atoms with E-state index in [1.807, 2.05) is 6.07 Å². The minimum atomic E-state index is -0.419. The molecule has 0 saturated carbocycles. The Kier molecular flexibility index (Phi) is 10.0. The van der Waals surface area contributed by atoms with E-state index in [0.29, 0.717) is 35.0 Å². The fourth-order valence-electron chi connectivity index (χ4n) is 3.47. The van der Waals surface area contributed by atoms with Crippen LogP contribution in [0.5, 0.6) is 5.75 Å². The zero-order chi connectivity index (χ0) is 25.9. The van der Waals surface area contributed by atoms with Crippen molar-refractivity contribution in [2.75, 3.05) is 38.2 Å². The van der Waals surface area contributed by atoms with E-state index in [1.165, 1.54) is 6.07 Å². The average Bonchev–Trinajstić information content (AvgIpc) is 2.90. The Balaban J connectivity index is 1.55. The lowest BCUT2D eigenvalue weighted by atomic mass is 10.0. The van der Waals surface area contributed by atoms with Crippen molar-refractivity contribution >= 4 is 34.9 Å². The van der Waals surface area contributed by atoms with Crippen molar-refractivity contribution in [1.29, 1.82) is 0 Å². The summed E-state index contributed by atoms with van der Waals surface area (Å²) < 4.78 is 11.0. The van der Waals surface area contributed by atoms with Gasteiger partial charge in [-0.15, -0.1) is 0 Å². The van der Waals surface area contributed by atoms with Crippen LogP contribution in [0.1, 0.15) is 40.1 Å². The van der Waals surface area contributed by atoms with E-state index >= 15 is 0 Å². The zero-order valence-corrected chi connectivity index (χ0v) is 21.1. The van der Waals surface area contributed by atoms with Gasteiger partial charge in [0.25, 0.3) is 5.91 Å². The lowest BCUT2D eigenvalue weighted by Crippen LogP contribution is -2.27. The van der Waals surface area contributed by atoms with Crippen LogP contribution >= 0.6 is 11.6 Å². The highest BCUT2D eigenvalue weighted by atomic mass is 35.5. The summed E-state index contributed by atoms with van der Waals surface area (Å²) in [6, 6.07) is 19.8. The number of carbonyl (C=O) groups excluding carboxylic acids is 3. The molecule has 0 aliphatic carbocycles. The van der Waals surface area contributed by atoms with Gasteiger partial charge in [0.1, 0.15) is 12.4 Å². The van der Waals surface area contributed by atoms with Gasteiger partial charge in [0.05, 0.1) is 11.1 Å². The predicted molar refractivity (Wildman–Crippen MR) is 140 cm³/mol. The van der Waals surface area contributed by atoms with Crippen LogP contribution in [0.2, 0.25) is 5.02 Å². The van der Waals surface area contributed by atoms with Gasteiger partial charge < -0.3 is 19.7 Å². The molecule has 0 aliphatic heterocycles. The number of rotatable bonds is 12. The van der Waals surface area contributed by atoms with E-state index in [9.17, 15) is 14.4 Å². The molecule has 0 atom stereocenters. The van der Waals surface area contributed by atoms with Crippen molar-refractivity contribution in [2.45, 2.75) is 13.8 Å². The quantitative estimate of drug-likeness (QED) is 0.271. The van der Waals surface area contributed by atoms with E-state index in [1.54, 1.807) is 60.7 Å². The van der Waals surface area contributed by atoms with Crippen molar-refractivity contribution in [1.82, 2.24) is 4.90 Å². The Morgan fingerprint density at radius 3 is 2.25 bits per heavy atom. The van der Waals surface area contributed by atoms with Crippen LogP contribution in [0.15, 0.2) is 72.8 Å². The van der Waals surface area contributed by atoms with Gasteiger partial charge in [-0.25, -0.2) is 4.79 Å². The second-order valence-corrected chi connectivity index (χ2v) is 8.35. The van der Waals surface area contributed by atoms with Crippen LogP contribution in [-0.2, 0) is 9.53 Å². The average molecular weight is 509 g/mol. The maximum atomic E-state index is 12.9. The van der Waals surface area contributed by atoms with E-state index in [0.717, 1.165) is 13.1 Å². The third-order valence-electron chi connectivity index (χ3n) is 5.52. The number of halogens is 1. The number of nitrogens with one attached hydrogen (secondary N) is 1. The molecule has 188 valence electrons. The van der Waals surface area contributed by atoms with Crippen LogP contribution in [0.4, 0.5) is 5.69 Å². The standard InChI is InChI=1S/C28H29ClN2O5/c1-3-31(4-2)16-17-35-28(34)21-10-13-23(14-11-21)30-26(32)19-36-25-15-12-22(29)18-24(25)27(33)20-8-6-5-7-9-20/h5-15,18H,3-4,16-17,19H2,1-2H3,(H,30,32). The van der Waals surface area contributed by atoms with Gasteiger partial charge in [-0.3, -0.25) is 9.59 Å². The molecule has 0 unspecified atom stereocenters. The number of carbonyl (C=O) groups is 3. The summed E-state index contributed by atoms with van der Waals surface area (Å²) in [6.07, 6.45) is 0. The molecule has 0 fully saturated rings. The summed E-state index contributed by atoms with van der Waals surface area (Å²) in [5, 5.41) is 3.10. The SMILES string of the molecule is CCN(CC)CCOC(=O)c1ccc(NC(=O)COc2ccc(Cl)cc2C(=O)c2ccccc2)cc1. The van der Waals surface area contributed by atoms with Crippen LogP contribution in [0, 0.1) is 0 Å². The van der Waals surface area contributed by atoms with Gasteiger partial charge in [0, 0.05) is 22.8 Å². The molecule has 3 aromatic rings. The minimum Gasteiger partial charge on any atom is -0.483 e. The molecule has 7 nitrogen and oxygen atoms in total. The number of amides is 1. The van der Waals surface area contributed by atoms with Crippen molar-refractivity contribution in [3.05, 3.63) is 94.5 Å². The Morgan fingerprint density at radius 2 is 1.58 bits per heavy atom. The van der Waals surface area contributed by atoms with Crippen LogP contribution in [0.25, 0.3) is 0 Å². The van der Waals surface area contributed by atoms with Crippen molar-refractivity contribution in [2.24, 2.45) is 0 Å². The van der Waals surface area contributed by atoms with Gasteiger partial charge in [0.2, 0.25) is 0 Å². The number of esters is 1. The zero-order valence-electron chi connectivity index (χ0n) is 20.3. The molecule has 0 heterocycles. The highest BCUT2D eigenvalue weighted by Gasteiger charge is 2.17. The molecule has 8 heteroatoms. The summed E-state index contributed by atoms with van der Waals surface area (Å²) >= 11 is 6.09. The fraction of sp³-hybridized carbons (Fsp3) is 0.250. The first-order chi connectivity index (χ1) is 17.4. The molecule has 3 aromatic carbocycles. The normalized spacial score (nSPS) is 10.7. The van der Waals surface area contributed by atoms with Crippen molar-refractivity contribution in [3.8, 4) is 5.75 Å². The molecular weight excluding hydrogens is 480 g/mol. The molecule has 0 radical (unpaired) electrons. The molecule has 0 aromatic heterocycles. The molecule has 1 N–H and O–H groups in total. The number of anilines is 1. The Labute approximate surface area is 216 Å². The molecule has 1 amide bonds. The highest BCUT2D eigenvalue weighted by molar-refractivity contribution is 6.31. The number of ether oxygens (including phenoxy) is 2. The molecular formula is C28H29ClN2O5. The Morgan fingerprint density at radius 1 is 0.889 bits per heavy atom. The van der Waals surface area contributed by atoms with Crippen LogP contribution in [-0.4, -0.2) is 55.4 Å². The Hall–Kier alpha value is -3.68. The largest absolute Gasteiger partial charge is 0.483 e. The number of ketones is 1. The number of likely N-dealkylation sites (N-methyl/N-ethyl adjacent to an activating group) is 1. The number of benzene rings is 3. The van der Waals surface area contributed by atoms with E-state index < -0.39 is 11.9 Å². The smallest absolute Gasteiger partial charge is 0.338 e. The maximum absolute atomic E-state index is 12.9. The highest BCUT2D eigenvalue weighted by Crippen LogP contribution is 2.26. The molecule has 0 bridgehead atoms. The third kappa shape index (κ3) is 7.66.